The molecule has 0 atom stereocenters. The number of carbonyl (C=O) groups excluding carboxylic acids is 1. The molecule has 0 aliphatic heterocycles. The van der Waals surface area contributed by atoms with E-state index in [-0.39, 0.29) is 5.91 Å². The number of nitrogens with zero attached hydrogens (tertiary/aromatic N) is 1. The van der Waals surface area contributed by atoms with Crippen LogP contribution in [0.1, 0.15) is 39.0 Å². The SMILES string of the molecule is CC(=O)N(N)C1C2CC3CC(C2)CC1C3. The largest absolute Gasteiger partial charge is 0.277 e. The van der Waals surface area contributed by atoms with Gasteiger partial charge in [0.2, 0.25) is 5.91 Å². The Morgan fingerprint density at radius 2 is 1.53 bits per heavy atom. The Morgan fingerprint density at radius 1 is 1.07 bits per heavy atom. The average Bonchev–Trinajstić information content (AvgIpc) is 2.15. The van der Waals surface area contributed by atoms with Gasteiger partial charge in [-0.15, -0.1) is 0 Å². The normalized spacial score (nSPS) is 46.9. The van der Waals surface area contributed by atoms with E-state index in [9.17, 15) is 4.79 Å². The summed E-state index contributed by atoms with van der Waals surface area (Å²) in [6.07, 6.45) is 6.72. The molecule has 0 saturated heterocycles. The summed E-state index contributed by atoms with van der Waals surface area (Å²) >= 11 is 0. The third kappa shape index (κ3) is 1.40. The van der Waals surface area contributed by atoms with Crippen LogP contribution in [0.5, 0.6) is 0 Å². The Kier molecular flexibility index (Phi) is 2.06. The van der Waals surface area contributed by atoms with Gasteiger partial charge in [0.05, 0.1) is 6.04 Å². The van der Waals surface area contributed by atoms with Gasteiger partial charge in [0.15, 0.2) is 0 Å². The van der Waals surface area contributed by atoms with Crippen molar-refractivity contribution in [1.29, 1.82) is 0 Å². The van der Waals surface area contributed by atoms with Gasteiger partial charge >= 0.3 is 0 Å². The summed E-state index contributed by atoms with van der Waals surface area (Å²) in [7, 11) is 0. The Balaban J connectivity index is 1.83. The van der Waals surface area contributed by atoms with Crippen molar-refractivity contribution in [3.63, 3.8) is 0 Å². The highest BCUT2D eigenvalue weighted by Gasteiger charge is 2.50. The van der Waals surface area contributed by atoms with Crippen LogP contribution in [0.3, 0.4) is 0 Å². The lowest BCUT2D eigenvalue weighted by molar-refractivity contribution is -0.141. The summed E-state index contributed by atoms with van der Waals surface area (Å²) in [4.78, 5) is 11.4. The minimum absolute atomic E-state index is 0.0347. The Labute approximate surface area is 91.0 Å². The van der Waals surface area contributed by atoms with Gasteiger partial charge in [-0.05, 0) is 55.8 Å². The monoisotopic (exact) mass is 208 g/mol. The highest BCUT2D eigenvalue weighted by molar-refractivity contribution is 5.73. The van der Waals surface area contributed by atoms with E-state index >= 15 is 0 Å². The summed E-state index contributed by atoms with van der Waals surface area (Å²) < 4.78 is 0. The second kappa shape index (κ2) is 3.21. The van der Waals surface area contributed by atoms with Crippen LogP contribution in [0.25, 0.3) is 0 Å². The average molecular weight is 208 g/mol. The molecule has 4 aliphatic rings. The molecule has 0 aromatic carbocycles. The fourth-order valence-corrected chi connectivity index (χ4v) is 4.56. The first-order valence-electron chi connectivity index (χ1n) is 6.19. The van der Waals surface area contributed by atoms with E-state index in [1.165, 1.54) is 37.1 Å². The molecule has 0 radical (unpaired) electrons. The van der Waals surface area contributed by atoms with Gasteiger partial charge in [0.25, 0.3) is 0 Å². The summed E-state index contributed by atoms with van der Waals surface area (Å²) in [6, 6.07) is 0.357. The van der Waals surface area contributed by atoms with Crippen LogP contribution >= 0.6 is 0 Å². The molecule has 15 heavy (non-hydrogen) atoms. The minimum atomic E-state index is 0.0347. The molecule has 4 bridgehead atoms. The maximum Gasteiger partial charge on any atom is 0.233 e. The molecule has 0 aromatic rings. The lowest BCUT2D eigenvalue weighted by Gasteiger charge is -2.56. The molecule has 84 valence electrons. The number of nitrogens with two attached hydrogens (primary N) is 1. The molecular formula is C12H20N2O. The van der Waals surface area contributed by atoms with Crippen molar-refractivity contribution in [1.82, 2.24) is 5.01 Å². The van der Waals surface area contributed by atoms with Crippen LogP contribution in [0.15, 0.2) is 0 Å². The van der Waals surface area contributed by atoms with Crippen LogP contribution in [0, 0.1) is 23.7 Å². The summed E-state index contributed by atoms with van der Waals surface area (Å²) in [5, 5.41) is 1.53. The zero-order chi connectivity index (χ0) is 10.6. The lowest BCUT2D eigenvalue weighted by Crippen LogP contribution is -2.59. The van der Waals surface area contributed by atoms with Crippen molar-refractivity contribution < 1.29 is 4.79 Å². The molecular weight excluding hydrogens is 188 g/mol. The van der Waals surface area contributed by atoms with Crippen molar-refractivity contribution in [2.45, 2.75) is 45.1 Å². The van der Waals surface area contributed by atoms with Gasteiger partial charge in [-0.2, -0.15) is 0 Å². The smallest absolute Gasteiger partial charge is 0.233 e. The van der Waals surface area contributed by atoms with Crippen LogP contribution < -0.4 is 5.84 Å². The topological polar surface area (TPSA) is 46.3 Å². The molecule has 4 rings (SSSR count). The molecule has 0 heterocycles. The zero-order valence-electron chi connectivity index (χ0n) is 9.36. The molecule has 0 spiro atoms. The fourth-order valence-electron chi connectivity index (χ4n) is 4.56. The third-order valence-electron chi connectivity index (χ3n) is 4.86. The third-order valence-corrected chi connectivity index (χ3v) is 4.86. The maximum atomic E-state index is 11.4. The number of hydrogen-bond donors (Lipinski definition) is 1. The van der Waals surface area contributed by atoms with Crippen LogP contribution in [-0.2, 0) is 4.79 Å². The fraction of sp³-hybridized carbons (Fsp3) is 0.917. The summed E-state index contributed by atoms with van der Waals surface area (Å²) in [5.41, 5.74) is 0. The first-order valence-corrected chi connectivity index (χ1v) is 6.19. The lowest BCUT2D eigenvalue weighted by atomic mass is 9.54. The van der Waals surface area contributed by atoms with Crippen molar-refractivity contribution in [2.75, 3.05) is 0 Å². The molecule has 0 aromatic heterocycles. The number of amides is 1. The Bertz CT molecular complexity index is 261. The summed E-state index contributed by atoms with van der Waals surface area (Å²) in [6.45, 7) is 1.59. The highest BCUT2D eigenvalue weighted by atomic mass is 16.2. The molecule has 3 nitrogen and oxygen atoms in total. The van der Waals surface area contributed by atoms with Gasteiger partial charge in [-0.3, -0.25) is 9.80 Å². The number of rotatable bonds is 1. The second-order valence-corrected chi connectivity index (χ2v) is 5.85. The highest BCUT2D eigenvalue weighted by Crippen LogP contribution is 2.54. The number of carbonyl (C=O) groups is 1. The second-order valence-electron chi connectivity index (χ2n) is 5.85. The van der Waals surface area contributed by atoms with Crippen molar-refractivity contribution in [2.24, 2.45) is 29.5 Å². The molecule has 0 unspecified atom stereocenters. The molecule has 1 amide bonds. The minimum Gasteiger partial charge on any atom is -0.277 e. The van der Waals surface area contributed by atoms with Crippen molar-refractivity contribution >= 4 is 5.91 Å². The Morgan fingerprint density at radius 3 is 1.93 bits per heavy atom. The quantitative estimate of drug-likeness (QED) is 0.403. The summed E-state index contributed by atoms with van der Waals surface area (Å²) in [5.74, 6) is 9.26. The van der Waals surface area contributed by atoms with E-state index in [1.807, 2.05) is 0 Å². The Hall–Kier alpha value is -0.570. The van der Waals surface area contributed by atoms with Crippen molar-refractivity contribution in [3.8, 4) is 0 Å². The predicted molar refractivity (Wildman–Crippen MR) is 57.5 cm³/mol. The zero-order valence-corrected chi connectivity index (χ0v) is 9.36. The molecule has 4 fully saturated rings. The van der Waals surface area contributed by atoms with Gasteiger partial charge in [0.1, 0.15) is 0 Å². The van der Waals surface area contributed by atoms with E-state index < -0.39 is 0 Å². The van der Waals surface area contributed by atoms with Gasteiger partial charge in [-0.25, -0.2) is 5.84 Å². The number of hydrazine groups is 1. The number of hydrogen-bond acceptors (Lipinski definition) is 2. The molecule has 3 heteroatoms. The van der Waals surface area contributed by atoms with Gasteiger partial charge in [0, 0.05) is 6.92 Å². The molecule has 4 aliphatic carbocycles. The first-order chi connectivity index (χ1) is 7.15. The standard InChI is InChI=1S/C12H20N2O/c1-7(15)14(13)12-10-3-8-2-9(5-10)6-11(12)4-8/h8-12H,2-6,13H2,1H3. The van der Waals surface area contributed by atoms with Gasteiger partial charge < -0.3 is 0 Å². The van der Waals surface area contributed by atoms with E-state index in [1.54, 1.807) is 6.92 Å². The van der Waals surface area contributed by atoms with E-state index in [2.05, 4.69) is 0 Å². The van der Waals surface area contributed by atoms with E-state index in [0.717, 1.165) is 11.8 Å². The first kappa shape index (κ1) is 9.64. The van der Waals surface area contributed by atoms with Crippen molar-refractivity contribution in [3.05, 3.63) is 0 Å². The van der Waals surface area contributed by atoms with Crippen LogP contribution in [-0.4, -0.2) is 17.0 Å². The van der Waals surface area contributed by atoms with Gasteiger partial charge in [-0.1, -0.05) is 0 Å². The molecule has 2 N–H and O–H groups in total. The van der Waals surface area contributed by atoms with E-state index in [0.29, 0.717) is 17.9 Å². The van der Waals surface area contributed by atoms with Crippen LogP contribution in [0.2, 0.25) is 0 Å². The maximum absolute atomic E-state index is 11.4. The van der Waals surface area contributed by atoms with Crippen LogP contribution in [0.4, 0.5) is 0 Å². The van der Waals surface area contributed by atoms with E-state index in [4.69, 9.17) is 5.84 Å². The predicted octanol–water partition coefficient (Wildman–Crippen LogP) is 1.53. The molecule has 4 saturated carbocycles.